The lowest BCUT2D eigenvalue weighted by molar-refractivity contribution is -0.122. The number of rotatable bonds is 8. The van der Waals surface area contributed by atoms with Gasteiger partial charge in [0.1, 0.15) is 0 Å². The van der Waals surface area contributed by atoms with Gasteiger partial charge in [-0.25, -0.2) is 17.9 Å². The molecule has 1 aliphatic rings. The van der Waals surface area contributed by atoms with Crippen molar-refractivity contribution in [2.24, 2.45) is 0 Å². The number of benzene rings is 2. The average Bonchev–Trinajstić information content (AvgIpc) is 3.03. The number of esters is 1. The maximum absolute atomic E-state index is 12.5. The summed E-state index contributed by atoms with van der Waals surface area (Å²) in [5.74, 6) is -1.04. The standard InChI is InChI=1S/C21H19ClN2O6S2/c1-2-30-20(26)15-5-9-17(10-6-15)32(28,29)23-11-12-24-19(25)18(31-21(24)27)13-14-3-7-16(22)8-4-14/h3-10,13,23H,2,11-12H2,1H3/b18-13+. The Hall–Kier alpha value is -2.66. The lowest BCUT2D eigenvalue weighted by Gasteiger charge is -2.13. The summed E-state index contributed by atoms with van der Waals surface area (Å²) in [4.78, 5) is 37.6. The molecule has 0 radical (unpaired) electrons. The Morgan fingerprint density at radius 3 is 2.41 bits per heavy atom. The molecular formula is C21H19ClN2O6S2. The molecule has 2 aromatic carbocycles. The van der Waals surface area contributed by atoms with Crippen LogP contribution < -0.4 is 4.72 Å². The Bertz CT molecular complexity index is 1160. The fraction of sp³-hybridized carbons (Fsp3) is 0.190. The van der Waals surface area contributed by atoms with Gasteiger partial charge in [0.05, 0.1) is 22.0 Å². The number of sulfonamides is 1. The van der Waals surface area contributed by atoms with Crippen molar-refractivity contribution >= 4 is 56.6 Å². The minimum absolute atomic E-state index is 0.0534. The fourth-order valence-corrected chi connectivity index (χ4v) is 4.77. The highest BCUT2D eigenvalue weighted by Gasteiger charge is 2.34. The lowest BCUT2D eigenvalue weighted by atomic mass is 10.2. The number of halogens is 1. The second-order valence-corrected chi connectivity index (χ2v) is 9.72. The van der Waals surface area contributed by atoms with E-state index in [0.717, 1.165) is 16.7 Å². The summed E-state index contributed by atoms with van der Waals surface area (Å²) in [5, 5.41) is 0.0753. The van der Waals surface area contributed by atoms with Crippen LogP contribution in [0, 0.1) is 0 Å². The van der Waals surface area contributed by atoms with E-state index in [-0.39, 0.29) is 35.1 Å². The number of imide groups is 1. The number of nitrogens with one attached hydrogen (secondary N) is 1. The number of carbonyl (C=O) groups is 3. The topological polar surface area (TPSA) is 110 Å². The molecule has 0 bridgehead atoms. The molecule has 3 rings (SSSR count). The molecule has 0 spiro atoms. The van der Waals surface area contributed by atoms with E-state index in [4.69, 9.17) is 16.3 Å². The molecule has 1 N–H and O–H groups in total. The molecule has 1 fully saturated rings. The second-order valence-electron chi connectivity index (χ2n) is 6.53. The van der Waals surface area contributed by atoms with Crippen LogP contribution in [0.15, 0.2) is 58.3 Å². The zero-order valence-corrected chi connectivity index (χ0v) is 19.3. The molecule has 1 aliphatic heterocycles. The molecule has 0 atom stereocenters. The van der Waals surface area contributed by atoms with E-state index < -0.39 is 27.1 Å². The van der Waals surface area contributed by atoms with Gasteiger partial charge < -0.3 is 4.74 Å². The van der Waals surface area contributed by atoms with Gasteiger partial charge in [-0.15, -0.1) is 0 Å². The summed E-state index contributed by atoms with van der Waals surface area (Å²) in [6.45, 7) is 1.60. The second kappa shape index (κ2) is 10.3. The Morgan fingerprint density at radius 1 is 1.12 bits per heavy atom. The monoisotopic (exact) mass is 494 g/mol. The van der Waals surface area contributed by atoms with E-state index in [2.05, 4.69) is 4.72 Å². The molecule has 0 unspecified atom stereocenters. The van der Waals surface area contributed by atoms with Crippen molar-refractivity contribution in [1.29, 1.82) is 0 Å². The van der Waals surface area contributed by atoms with Crippen LogP contribution in [0.1, 0.15) is 22.8 Å². The Labute approximate surface area is 194 Å². The van der Waals surface area contributed by atoms with Crippen molar-refractivity contribution in [3.63, 3.8) is 0 Å². The molecule has 2 aromatic rings. The van der Waals surface area contributed by atoms with Crippen molar-refractivity contribution in [1.82, 2.24) is 9.62 Å². The van der Waals surface area contributed by atoms with Crippen molar-refractivity contribution in [3.05, 3.63) is 69.6 Å². The summed E-state index contributed by atoms with van der Waals surface area (Å²) in [7, 11) is -3.89. The summed E-state index contributed by atoms with van der Waals surface area (Å²) in [6.07, 6.45) is 1.58. The highest BCUT2D eigenvalue weighted by Crippen LogP contribution is 2.32. The van der Waals surface area contributed by atoms with Gasteiger partial charge in [0.2, 0.25) is 10.0 Å². The van der Waals surface area contributed by atoms with Crippen molar-refractivity contribution in [2.45, 2.75) is 11.8 Å². The predicted octanol–water partition coefficient (Wildman–Crippen LogP) is 3.53. The van der Waals surface area contributed by atoms with E-state index in [1.54, 1.807) is 37.3 Å². The van der Waals surface area contributed by atoms with Crippen LogP contribution in [0.3, 0.4) is 0 Å². The molecule has 2 amide bonds. The predicted molar refractivity (Wildman–Crippen MR) is 122 cm³/mol. The number of nitrogens with zero attached hydrogens (tertiary/aromatic N) is 1. The minimum Gasteiger partial charge on any atom is -0.462 e. The number of ether oxygens (including phenoxy) is 1. The van der Waals surface area contributed by atoms with E-state index in [0.29, 0.717) is 10.6 Å². The third-order valence-corrected chi connectivity index (χ3v) is 6.98. The van der Waals surface area contributed by atoms with Crippen LogP contribution in [0.25, 0.3) is 6.08 Å². The molecular weight excluding hydrogens is 476 g/mol. The first kappa shape index (κ1) is 24.0. The SMILES string of the molecule is CCOC(=O)c1ccc(S(=O)(=O)NCCN2C(=O)S/C(=C/c3ccc(Cl)cc3)C2=O)cc1. The van der Waals surface area contributed by atoms with Crippen molar-refractivity contribution < 1.29 is 27.5 Å². The third-order valence-electron chi connectivity index (χ3n) is 4.34. The first-order valence-corrected chi connectivity index (χ1v) is 12.2. The molecule has 8 nitrogen and oxygen atoms in total. The molecule has 32 heavy (non-hydrogen) atoms. The number of carbonyl (C=O) groups excluding carboxylic acids is 3. The molecule has 1 heterocycles. The van der Waals surface area contributed by atoms with E-state index in [1.807, 2.05) is 0 Å². The molecule has 1 saturated heterocycles. The number of hydrogen-bond donors (Lipinski definition) is 1. The van der Waals surface area contributed by atoms with Crippen molar-refractivity contribution in [3.8, 4) is 0 Å². The first-order valence-electron chi connectivity index (χ1n) is 9.49. The molecule has 0 aliphatic carbocycles. The van der Waals surface area contributed by atoms with Crippen LogP contribution >= 0.6 is 23.4 Å². The summed E-state index contributed by atoms with van der Waals surface area (Å²) < 4.78 is 32.1. The first-order chi connectivity index (χ1) is 15.2. The molecule has 168 valence electrons. The zero-order valence-electron chi connectivity index (χ0n) is 16.9. The largest absolute Gasteiger partial charge is 0.462 e. The van der Waals surface area contributed by atoms with E-state index >= 15 is 0 Å². The number of amides is 2. The van der Waals surface area contributed by atoms with Gasteiger partial charge in [0, 0.05) is 18.1 Å². The number of thioether (sulfide) groups is 1. The quantitative estimate of drug-likeness (QED) is 0.441. The lowest BCUT2D eigenvalue weighted by Crippen LogP contribution is -2.37. The average molecular weight is 495 g/mol. The van der Waals surface area contributed by atoms with Crippen LogP contribution in [-0.4, -0.2) is 50.1 Å². The van der Waals surface area contributed by atoms with Crippen molar-refractivity contribution in [2.75, 3.05) is 19.7 Å². The van der Waals surface area contributed by atoms with Crippen LogP contribution in [0.2, 0.25) is 5.02 Å². The maximum atomic E-state index is 12.5. The van der Waals surface area contributed by atoms with E-state index in [1.165, 1.54) is 24.3 Å². The zero-order chi connectivity index (χ0) is 23.3. The Kier molecular flexibility index (Phi) is 7.73. The highest BCUT2D eigenvalue weighted by atomic mass is 35.5. The minimum atomic E-state index is -3.89. The van der Waals surface area contributed by atoms with Gasteiger partial charge in [-0.05, 0) is 66.7 Å². The van der Waals surface area contributed by atoms with Crippen LogP contribution in [0.4, 0.5) is 4.79 Å². The van der Waals surface area contributed by atoms with Gasteiger partial charge in [0.25, 0.3) is 11.1 Å². The van der Waals surface area contributed by atoms with Crippen LogP contribution in [-0.2, 0) is 19.6 Å². The van der Waals surface area contributed by atoms with Gasteiger partial charge >= 0.3 is 5.97 Å². The fourth-order valence-electron chi connectivity index (χ4n) is 2.76. The summed E-state index contributed by atoms with van der Waals surface area (Å²) >= 11 is 6.63. The third kappa shape index (κ3) is 5.77. The van der Waals surface area contributed by atoms with E-state index in [9.17, 15) is 22.8 Å². The summed E-state index contributed by atoms with van der Waals surface area (Å²) in [6, 6.07) is 12.1. The smallest absolute Gasteiger partial charge is 0.338 e. The molecule has 11 heteroatoms. The normalized spacial score (nSPS) is 15.4. The highest BCUT2D eigenvalue weighted by molar-refractivity contribution is 8.18. The molecule has 0 aromatic heterocycles. The van der Waals surface area contributed by atoms with Gasteiger partial charge in [0.15, 0.2) is 0 Å². The number of hydrogen-bond acceptors (Lipinski definition) is 7. The Balaban J connectivity index is 1.60. The molecule has 0 saturated carbocycles. The van der Waals surface area contributed by atoms with Crippen LogP contribution in [0.5, 0.6) is 0 Å². The van der Waals surface area contributed by atoms with Gasteiger partial charge in [-0.3, -0.25) is 14.5 Å². The maximum Gasteiger partial charge on any atom is 0.338 e. The Morgan fingerprint density at radius 2 is 1.78 bits per heavy atom. The van der Waals surface area contributed by atoms with Gasteiger partial charge in [-0.1, -0.05) is 23.7 Å². The van der Waals surface area contributed by atoms with Gasteiger partial charge in [-0.2, -0.15) is 0 Å². The summed E-state index contributed by atoms with van der Waals surface area (Å²) in [5.41, 5.74) is 0.947.